The van der Waals surface area contributed by atoms with E-state index in [0.29, 0.717) is 18.8 Å². The molecule has 1 aromatic heterocycles. The fourth-order valence-electron chi connectivity index (χ4n) is 1.74. The molecule has 0 atom stereocenters. The maximum Gasteiger partial charge on any atom is 0.407 e. The summed E-state index contributed by atoms with van der Waals surface area (Å²) in [4.78, 5) is 22.8. The molecule has 6 nitrogen and oxygen atoms in total. The highest BCUT2D eigenvalue weighted by Gasteiger charge is 2.24. The molecule has 1 aliphatic rings. The van der Waals surface area contributed by atoms with Crippen LogP contribution < -0.4 is 0 Å². The molecule has 2 N–H and O–H groups in total. The fraction of sp³-hybridized carbons (Fsp3) is 0.333. The van der Waals surface area contributed by atoms with E-state index in [9.17, 15) is 9.59 Å². The van der Waals surface area contributed by atoms with Crippen molar-refractivity contribution in [1.82, 2.24) is 9.47 Å². The summed E-state index contributed by atoms with van der Waals surface area (Å²) in [6.07, 6.45) is 0.664. The average molecular weight is 210 g/mol. The third kappa shape index (κ3) is 1.54. The summed E-state index contributed by atoms with van der Waals surface area (Å²) in [5, 5.41) is 17.7. The van der Waals surface area contributed by atoms with Gasteiger partial charge in [0.05, 0.1) is 17.8 Å². The quantitative estimate of drug-likeness (QED) is 0.714. The molecule has 6 heteroatoms. The Balaban J connectivity index is 2.34. The van der Waals surface area contributed by atoms with Crippen molar-refractivity contribution in [2.75, 3.05) is 6.54 Å². The Morgan fingerprint density at radius 3 is 2.60 bits per heavy atom. The van der Waals surface area contributed by atoms with Gasteiger partial charge < -0.3 is 19.7 Å². The van der Waals surface area contributed by atoms with Crippen LogP contribution in [0.3, 0.4) is 0 Å². The zero-order valence-electron chi connectivity index (χ0n) is 7.88. The smallest absolute Gasteiger partial charge is 0.407 e. The van der Waals surface area contributed by atoms with Crippen LogP contribution in [0.25, 0.3) is 0 Å². The van der Waals surface area contributed by atoms with Crippen LogP contribution in [0.1, 0.15) is 16.1 Å². The Morgan fingerprint density at radius 1 is 1.27 bits per heavy atom. The Hall–Kier alpha value is -1.98. The second-order valence-electron chi connectivity index (χ2n) is 3.38. The van der Waals surface area contributed by atoms with Gasteiger partial charge in [0, 0.05) is 19.3 Å². The molecule has 0 radical (unpaired) electrons. The molecule has 1 amide bonds. The van der Waals surface area contributed by atoms with Crippen molar-refractivity contribution < 1.29 is 19.8 Å². The average Bonchev–Trinajstić information content (AvgIpc) is 2.59. The molecule has 0 bridgehead atoms. The van der Waals surface area contributed by atoms with Gasteiger partial charge >= 0.3 is 12.1 Å². The van der Waals surface area contributed by atoms with Crippen LogP contribution in [0.4, 0.5) is 4.79 Å². The summed E-state index contributed by atoms with van der Waals surface area (Å²) in [7, 11) is 0. The van der Waals surface area contributed by atoms with Gasteiger partial charge in [0.25, 0.3) is 0 Å². The van der Waals surface area contributed by atoms with Crippen molar-refractivity contribution in [3.05, 3.63) is 23.5 Å². The molecular formula is C9H10N2O4. The zero-order valence-corrected chi connectivity index (χ0v) is 7.88. The van der Waals surface area contributed by atoms with Crippen molar-refractivity contribution in [3.63, 3.8) is 0 Å². The minimum atomic E-state index is -1.02. The molecule has 1 aromatic rings. The van der Waals surface area contributed by atoms with Crippen molar-refractivity contribution in [3.8, 4) is 0 Å². The maximum atomic E-state index is 10.8. The van der Waals surface area contributed by atoms with Crippen LogP contribution in [0.2, 0.25) is 0 Å². The van der Waals surface area contributed by atoms with E-state index in [1.807, 2.05) is 0 Å². The molecule has 0 unspecified atom stereocenters. The van der Waals surface area contributed by atoms with Gasteiger partial charge in [0.15, 0.2) is 0 Å². The van der Waals surface area contributed by atoms with Crippen LogP contribution >= 0.6 is 0 Å². The van der Waals surface area contributed by atoms with E-state index in [1.165, 1.54) is 11.0 Å². The number of aromatic nitrogens is 1. The number of amides is 1. The number of fused-ring (bicyclic) bond motifs is 1. The standard InChI is InChI=1S/C9H10N2O4/c12-8(13)6-1-2-10-3-4-11(9(14)15)5-7(6)10/h1-2H,3-5H2,(H,12,13)(H,14,15). The van der Waals surface area contributed by atoms with Crippen molar-refractivity contribution in [2.45, 2.75) is 13.1 Å². The lowest BCUT2D eigenvalue weighted by Crippen LogP contribution is -2.37. The third-order valence-corrected chi connectivity index (χ3v) is 2.53. The monoisotopic (exact) mass is 210 g/mol. The lowest BCUT2D eigenvalue weighted by molar-refractivity contribution is 0.0691. The Labute approximate surface area is 85.3 Å². The first-order valence-corrected chi connectivity index (χ1v) is 4.49. The SMILES string of the molecule is O=C(O)c1ccn2c1CN(C(=O)O)CC2. The molecule has 80 valence electrons. The molecule has 0 saturated heterocycles. The van der Waals surface area contributed by atoms with E-state index in [2.05, 4.69) is 0 Å². The van der Waals surface area contributed by atoms with Crippen LogP contribution in [0.15, 0.2) is 12.3 Å². The summed E-state index contributed by atoms with van der Waals surface area (Å²) in [5.74, 6) is -1.02. The summed E-state index contributed by atoms with van der Waals surface area (Å²) in [5.41, 5.74) is 0.733. The van der Waals surface area contributed by atoms with Gasteiger partial charge in [-0.2, -0.15) is 0 Å². The summed E-state index contributed by atoms with van der Waals surface area (Å²) in [6.45, 7) is 1.05. The number of carbonyl (C=O) groups is 2. The van der Waals surface area contributed by atoms with Crippen molar-refractivity contribution in [2.24, 2.45) is 0 Å². The number of nitrogens with zero attached hydrogens (tertiary/aromatic N) is 2. The van der Waals surface area contributed by atoms with Crippen LogP contribution in [-0.2, 0) is 13.1 Å². The minimum Gasteiger partial charge on any atom is -0.478 e. The lowest BCUT2D eigenvalue weighted by Gasteiger charge is -2.26. The van der Waals surface area contributed by atoms with Gasteiger partial charge in [-0.15, -0.1) is 0 Å². The third-order valence-electron chi connectivity index (χ3n) is 2.53. The van der Waals surface area contributed by atoms with Crippen LogP contribution in [-0.4, -0.2) is 38.3 Å². The number of aromatic carboxylic acids is 1. The van der Waals surface area contributed by atoms with Gasteiger partial charge in [-0.25, -0.2) is 9.59 Å². The van der Waals surface area contributed by atoms with E-state index in [4.69, 9.17) is 10.2 Å². The number of carboxylic acids is 1. The highest BCUT2D eigenvalue weighted by atomic mass is 16.4. The number of hydrogen-bond donors (Lipinski definition) is 2. The Bertz CT molecular complexity index is 424. The first-order valence-electron chi connectivity index (χ1n) is 4.49. The second-order valence-corrected chi connectivity index (χ2v) is 3.38. The van der Waals surface area contributed by atoms with E-state index in [1.54, 1.807) is 10.8 Å². The zero-order chi connectivity index (χ0) is 11.0. The topological polar surface area (TPSA) is 82.8 Å². The first kappa shape index (κ1) is 9.57. The van der Waals surface area contributed by atoms with Gasteiger partial charge in [-0.3, -0.25) is 0 Å². The predicted molar refractivity (Wildman–Crippen MR) is 49.8 cm³/mol. The molecule has 0 fully saturated rings. The predicted octanol–water partition coefficient (Wildman–Crippen LogP) is 0.680. The largest absolute Gasteiger partial charge is 0.478 e. The summed E-state index contributed by atoms with van der Waals surface area (Å²) in [6, 6.07) is 1.50. The number of hydrogen-bond acceptors (Lipinski definition) is 2. The molecule has 1 aliphatic heterocycles. The Kier molecular flexibility index (Phi) is 2.11. The van der Waals surface area contributed by atoms with Crippen LogP contribution in [0, 0.1) is 0 Å². The Morgan fingerprint density at radius 2 is 2.00 bits per heavy atom. The number of rotatable bonds is 1. The van der Waals surface area contributed by atoms with Gasteiger partial charge in [-0.1, -0.05) is 0 Å². The highest BCUT2D eigenvalue weighted by molar-refractivity contribution is 5.89. The normalized spacial score (nSPS) is 14.8. The molecular weight excluding hydrogens is 200 g/mol. The molecule has 0 aromatic carbocycles. The summed E-state index contributed by atoms with van der Waals surface area (Å²) >= 11 is 0. The van der Waals surface area contributed by atoms with E-state index < -0.39 is 12.1 Å². The van der Waals surface area contributed by atoms with E-state index in [-0.39, 0.29) is 12.1 Å². The second kappa shape index (κ2) is 3.30. The van der Waals surface area contributed by atoms with Crippen molar-refractivity contribution >= 4 is 12.1 Å². The van der Waals surface area contributed by atoms with E-state index >= 15 is 0 Å². The minimum absolute atomic E-state index is 0.143. The first-order chi connectivity index (χ1) is 7.09. The lowest BCUT2D eigenvalue weighted by atomic mass is 10.2. The van der Waals surface area contributed by atoms with Gasteiger partial charge in [0.1, 0.15) is 0 Å². The van der Waals surface area contributed by atoms with Gasteiger partial charge in [-0.05, 0) is 6.07 Å². The molecule has 0 saturated carbocycles. The molecule has 2 rings (SSSR count). The van der Waals surface area contributed by atoms with Gasteiger partial charge in [0.2, 0.25) is 0 Å². The fourth-order valence-corrected chi connectivity index (χ4v) is 1.74. The number of carboxylic acid groups (broad SMARTS) is 2. The molecule has 2 heterocycles. The van der Waals surface area contributed by atoms with Crippen LogP contribution in [0.5, 0.6) is 0 Å². The van der Waals surface area contributed by atoms with Crippen molar-refractivity contribution in [1.29, 1.82) is 0 Å². The molecule has 0 spiro atoms. The molecule has 0 aliphatic carbocycles. The maximum absolute atomic E-state index is 10.8. The summed E-state index contributed by atoms with van der Waals surface area (Å²) < 4.78 is 1.78. The highest BCUT2D eigenvalue weighted by Crippen LogP contribution is 2.18. The van der Waals surface area contributed by atoms with E-state index in [0.717, 1.165) is 0 Å². The molecule has 15 heavy (non-hydrogen) atoms.